The molecule has 0 saturated carbocycles. The van der Waals surface area contributed by atoms with Gasteiger partial charge in [-0.25, -0.2) is 4.79 Å². The molecule has 0 aliphatic rings. The molecule has 2 N–H and O–H groups in total. The predicted octanol–water partition coefficient (Wildman–Crippen LogP) is 1.22. The number of benzene rings is 1. The highest BCUT2D eigenvalue weighted by molar-refractivity contribution is 6.40. The molecule has 0 heterocycles. The number of carboxylic acid groups (broad SMARTS) is 1. The Morgan fingerprint density at radius 1 is 1.25 bits per heavy atom. The zero-order valence-electron chi connectivity index (χ0n) is 9.23. The Labute approximate surface area is 93.5 Å². The third-order valence-electron chi connectivity index (χ3n) is 2.49. The zero-order chi connectivity index (χ0) is 12.3. The number of carbonyl (C=O) groups excluding carboxylic acids is 1. The van der Waals surface area contributed by atoms with E-state index in [9.17, 15) is 14.7 Å². The molecule has 1 aromatic rings. The van der Waals surface area contributed by atoms with Gasteiger partial charge in [0.1, 0.15) is 0 Å². The molecular formula is C12H14O4. The van der Waals surface area contributed by atoms with Gasteiger partial charge in [-0.15, -0.1) is 0 Å². The van der Waals surface area contributed by atoms with Crippen LogP contribution in [0.5, 0.6) is 0 Å². The van der Waals surface area contributed by atoms with E-state index in [-0.39, 0.29) is 12.2 Å². The number of Topliss-reactive ketones (excluding diaryl/α,β-unsaturated/α-hetero) is 1. The van der Waals surface area contributed by atoms with Crippen LogP contribution in [0, 0.1) is 0 Å². The average Bonchev–Trinajstić information content (AvgIpc) is 2.28. The highest BCUT2D eigenvalue weighted by atomic mass is 16.4. The van der Waals surface area contributed by atoms with E-state index < -0.39 is 17.2 Å². The Morgan fingerprint density at radius 3 is 2.31 bits per heavy atom. The van der Waals surface area contributed by atoms with Gasteiger partial charge in [-0.05, 0) is 5.56 Å². The van der Waals surface area contributed by atoms with Gasteiger partial charge < -0.3 is 10.2 Å². The second kappa shape index (κ2) is 4.45. The average molecular weight is 222 g/mol. The first-order valence-electron chi connectivity index (χ1n) is 4.88. The fourth-order valence-corrected chi connectivity index (χ4v) is 1.47. The topological polar surface area (TPSA) is 74.6 Å². The minimum atomic E-state index is -1.49. The van der Waals surface area contributed by atoms with Gasteiger partial charge >= 0.3 is 5.97 Å². The summed E-state index contributed by atoms with van der Waals surface area (Å²) in [6.45, 7) is 3.35. The van der Waals surface area contributed by atoms with E-state index in [1.165, 1.54) is 6.07 Å². The van der Waals surface area contributed by atoms with Crippen LogP contribution in [0.2, 0.25) is 0 Å². The summed E-state index contributed by atoms with van der Waals surface area (Å²) in [4.78, 5) is 22.1. The molecule has 4 nitrogen and oxygen atoms in total. The maximum absolute atomic E-state index is 11.4. The van der Waals surface area contributed by atoms with Gasteiger partial charge in [-0.2, -0.15) is 0 Å². The third kappa shape index (κ3) is 2.28. The van der Waals surface area contributed by atoms with E-state index in [1.807, 2.05) is 0 Å². The summed E-state index contributed by atoms with van der Waals surface area (Å²) in [5.41, 5.74) is 0.0424. The number of hydrogen-bond acceptors (Lipinski definition) is 3. The molecule has 0 atom stereocenters. The Kier molecular flexibility index (Phi) is 3.44. The SMILES string of the molecule is CC(C)(CO)c1ccccc1C(=O)C(=O)O. The summed E-state index contributed by atoms with van der Waals surface area (Å²) in [5.74, 6) is -2.43. The molecule has 1 rings (SSSR count). The van der Waals surface area contributed by atoms with E-state index in [1.54, 1.807) is 32.0 Å². The molecule has 0 unspecified atom stereocenters. The number of aliphatic hydroxyl groups is 1. The van der Waals surface area contributed by atoms with Crippen molar-refractivity contribution in [3.05, 3.63) is 35.4 Å². The van der Waals surface area contributed by atoms with E-state index >= 15 is 0 Å². The van der Waals surface area contributed by atoms with Crippen LogP contribution >= 0.6 is 0 Å². The molecule has 86 valence electrons. The number of carboxylic acids is 1. The smallest absolute Gasteiger partial charge is 0.377 e. The van der Waals surface area contributed by atoms with Gasteiger partial charge in [0, 0.05) is 11.0 Å². The minimum Gasteiger partial charge on any atom is -0.475 e. The Morgan fingerprint density at radius 2 is 1.81 bits per heavy atom. The summed E-state index contributed by atoms with van der Waals surface area (Å²) >= 11 is 0. The molecule has 0 amide bonds. The summed E-state index contributed by atoms with van der Waals surface area (Å²) in [6.07, 6.45) is 0. The maximum atomic E-state index is 11.4. The van der Waals surface area contributed by atoms with E-state index in [4.69, 9.17) is 5.11 Å². The first-order valence-corrected chi connectivity index (χ1v) is 4.88. The lowest BCUT2D eigenvalue weighted by Crippen LogP contribution is -2.26. The fourth-order valence-electron chi connectivity index (χ4n) is 1.47. The van der Waals surface area contributed by atoms with Crippen LogP contribution in [0.4, 0.5) is 0 Å². The largest absolute Gasteiger partial charge is 0.475 e. The third-order valence-corrected chi connectivity index (χ3v) is 2.49. The number of hydrogen-bond donors (Lipinski definition) is 2. The Bertz CT molecular complexity index is 421. The van der Waals surface area contributed by atoms with Crippen molar-refractivity contribution in [2.75, 3.05) is 6.61 Å². The van der Waals surface area contributed by atoms with Crippen LogP contribution in [0.1, 0.15) is 29.8 Å². The first-order chi connectivity index (χ1) is 7.40. The number of ketones is 1. The summed E-state index contributed by atoms with van der Waals surface area (Å²) in [6, 6.07) is 6.44. The summed E-state index contributed by atoms with van der Waals surface area (Å²) < 4.78 is 0. The van der Waals surface area contributed by atoms with E-state index in [2.05, 4.69) is 0 Å². The standard InChI is InChI=1S/C12H14O4/c1-12(2,7-13)9-6-4-3-5-8(9)10(14)11(15)16/h3-6,13H,7H2,1-2H3,(H,15,16). The Hall–Kier alpha value is -1.68. The lowest BCUT2D eigenvalue weighted by molar-refractivity contribution is -0.131. The number of aliphatic hydroxyl groups excluding tert-OH is 1. The van der Waals surface area contributed by atoms with Crippen molar-refractivity contribution in [3.8, 4) is 0 Å². The molecule has 0 saturated heterocycles. The summed E-state index contributed by atoms with van der Waals surface area (Å²) in [7, 11) is 0. The minimum absolute atomic E-state index is 0.133. The molecule has 0 radical (unpaired) electrons. The maximum Gasteiger partial charge on any atom is 0.377 e. The van der Waals surface area contributed by atoms with Gasteiger partial charge in [-0.1, -0.05) is 38.1 Å². The van der Waals surface area contributed by atoms with Crippen molar-refractivity contribution in [2.24, 2.45) is 0 Å². The highest BCUT2D eigenvalue weighted by Gasteiger charge is 2.27. The van der Waals surface area contributed by atoms with Crippen LogP contribution in [0.25, 0.3) is 0 Å². The molecule has 1 aromatic carbocycles. The number of rotatable bonds is 4. The molecule has 0 fully saturated rings. The zero-order valence-corrected chi connectivity index (χ0v) is 9.23. The van der Waals surface area contributed by atoms with Gasteiger partial charge in [0.25, 0.3) is 5.78 Å². The van der Waals surface area contributed by atoms with Gasteiger partial charge in [0.15, 0.2) is 0 Å². The molecule has 0 aliphatic heterocycles. The van der Waals surface area contributed by atoms with Crippen molar-refractivity contribution in [1.82, 2.24) is 0 Å². The van der Waals surface area contributed by atoms with E-state index in [0.717, 1.165) is 0 Å². The lowest BCUT2D eigenvalue weighted by atomic mass is 9.81. The molecule has 0 aliphatic carbocycles. The second-order valence-corrected chi connectivity index (χ2v) is 4.22. The van der Waals surface area contributed by atoms with Gasteiger partial charge in [0.05, 0.1) is 6.61 Å². The van der Waals surface area contributed by atoms with Crippen LogP contribution in [0.3, 0.4) is 0 Å². The normalized spacial score (nSPS) is 11.2. The van der Waals surface area contributed by atoms with E-state index in [0.29, 0.717) is 5.56 Å². The van der Waals surface area contributed by atoms with Crippen LogP contribution < -0.4 is 0 Å². The highest BCUT2D eigenvalue weighted by Crippen LogP contribution is 2.26. The van der Waals surface area contributed by atoms with Crippen molar-refractivity contribution < 1.29 is 19.8 Å². The van der Waals surface area contributed by atoms with Crippen molar-refractivity contribution in [3.63, 3.8) is 0 Å². The fraction of sp³-hybridized carbons (Fsp3) is 0.333. The van der Waals surface area contributed by atoms with Crippen LogP contribution in [0.15, 0.2) is 24.3 Å². The quantitative estimate of drug-likeness (QED) is 0.593. The second-order valence-electron chi connectivity index (χ2n) is 4.22. The van der Waals surface area contributed by atoms with Crippen molar-refractivity contribution >= 4 is 11.8 Å². The molecule has 16 heavy (non-hydrogen) atoms. The van der Waals surface area contributed by atoms with Crippen molar-refractivity contribution in [1.29, 1.82) is 0 Å². The lowest BCUT2D eigenvalue weighted by Gasteiger charge is -2.24. The first kappa shape index (κ1) is 12.4. The van der Waals surface area contributed by atoms with Crippen molar-refractivity contribution in [2.45, 2.75) is 19.3 Å². The number of aliphatic carboxylic acids is 1. The predicted molar refractivity (Wildman–Crippen MR) is 58.5 cm³/mol. The monoisotopic (exact) mass is 222 g/mol. The molecule has 4 heteroatoms. The molecule has 0 bridgehead atoms. The Balaban J connectivity index is 3.31. The summed E-state index contributed by atoms with van der Waals surface area (Å²) in [5, 5.41) is 17.9. The molecular weight excluding hydrogens is 208 g/mol. The molecule has 0 spiro atoms. The van der Waals surface area contributed by atoms with Gasteiger partial charge in [0.2, 0.25) is 0 Å². The van der Waals surface area contributed by atoms with Gasteiger partial charge in [-0.3, -0.25) is 4.79 Å². The van der Waals surface area contributed by atoms with Crippen LogP contribution in [-0.2, 0) is 10.2 Å². The number of carbonyl (C=O) groups is 2. The molecule has 0 aromatic heterocycles. The van der Waals surface area contributed by atoms with Crippen LogP contribution in [-0.4, -0.2) is 28.6 Å².